The summed E-state index contributed by atoms with van der Waals surface area (Å²) in [6.07, 6.45) is 9.96. The molecule has 3 heteroatoms. The molecule has 0 fully saturated rings. The van der Waals surface area contributed by atoms with Gasteiger partial charge in [-0.3, -0.25) is 0 Å². The summed E-state index contributed by atoms with van der Waals surface area (Å²) in [6.45, 7) is 2.23. The van der Waals surface area contributed by atoms with E-state index in [-0.39, 0.29) is 0 Å². The van der Waals surface area contributed by atoms with Gasteiger partial charge in [0.1, 0.15) is 0 Å². The summed E-state index contributed by atoms with van der Waals surface area (Å²) < 4.78 is 0. The minimum Gasteiger partial charge on any atom is -0.123 e. The maximum atomic E-state index is 6.26. The molecular formula is C12H23Br2Cl. The van der Waals surface area contributed by atoms with E-state index in [0.29, 0.717) is 10.2 Å². The van der Waals surface area contributed by atoms with Crippen molar-refractivity contribution in [3.8, 4) is 0 Å². The van der Waals surface area contributed by atoms with Gasteiger partial charge in [0, 0.05) is 15.5 Å². The van der Waals surface area contributed by atoms with Crippen LogP contribution in [0.4, 0.5) is 0 Å². The van der Waals surface area contributed by atoms with Crippen molar-refractivity contribution >= 4 is 43.5 Å². The maximum absolute atomic E-state index is 6.26. The number of alkyl halides is 3. The monoisotopic (exact) mass is 360 g/mol. The highest BCUT2D eigenvalue weighted by atomic mass is 79.9. The Morgan fingerprint density at radius 3 is 2.33 bits per heavy atom. The van der Waals surface area contributed by atoms with Crippen molar-refractivity contribution in [3.63, 3.8) is 0 Å². The summed E-state index contributed by atoms with van der Waals surface area (Å²) in [5.41, 5.74) is 0. The van der Waals surface area contributed by atoms with Crippen LogP contribution in [0.5, 0.6) is 0 Å². The highest BCUT2D eigenvalue weighted by Gasteiger charge is 2.08. The van der Waals surface area contributed by atoms with E-state index in [9.17, 15) is 0 Å². The molecule has 0 bridgehead atoms. The zero-order chi connectivity index (χ0) is 11.5. The second kappa shape index (κ2) is 11.7. The van der Waals surface area contributed by atoms with Crippen molar-refractivity contribution in [1.29, 1.82) is 0 Å². The molecule has 0 aromatic rings. The number of unbranched alkanes of at least 4 members (excludes halogenated alkanes) is 2. The fourth-order valence-electron chi connectivity index (χ4n) is 1.56. The van der Waals surface area contributed by atoms with E-state index in [1.165, 1.54) is 44.9 Å². The SMILES string of the molecule is CCCCCC(Cl)CCC(Br)CCCBr. The third-order valence-electron chi connectivity index (χ3n) is 2.57. The molecule has 0 amide bonds. The molecule has 0 aliphatic carbocycles. The topological polar surface area (TPSA) is 0 Å². The highest BCUT2D eigenvalue weighted by Crippen LogP contribution is 2.21. The first-order chi connectivity index (χ1) is 7.20. The molecule has 92 valence electrons. The van der Waals surface area contributed by atoms with Crippen LogP contribution in [0.3, 0.4) is 0 Å². The highest BCUT2D eigenvalue weighted by molar-refractivity contribution is 9.09. The van der Waals surface area contributed by atoms with Crippen LogP contribution in [0.15, 0.2) is 0 Å². The van der Waals surface area contributed by atoms with Crippen molar-refractivity contribution in [1.82, 2.24) is 0 Å². The van der Waals surface area contributed by atoms with E-state index in [4.69, 9.17) is 11.6 Å². The van der Waals surface area contributed by atoms with E-state index in [1.807, 2.05) is 0 Å². The van der Waals surface area contributed by atoms with E-state index >= 15 is 0 Å². The third kappa shape index (κ3) is 11.5. The van der Waals surface area contributed by atoms with Crippen LogP contribution >= 0.6 is 43.5 Å². The van der Waals surface area contributed by atoms with Gasteiger partial charge >= 0.3 is 0 Å². The Bertz CT molecular complexity index is 131. The summed E-state index contributed by atoms with van der Waals surface area (Å²) in [5, 5.41) is 1.50. The summed E-state index contributed by atoms with van der Waals surface area (Å²) in [5.74, 6) is 0. The molecule has 0 heterocycles. The van der Waals surface area contributed by atoms with Gasteiger partial charge in [0.2, 0.25) is 0 Å². The first kappa shape index (κ1) is 16.2. The lowest BCUT2D eigenvalue weighted by Crippen LogP contribution is -2.05. The third-order valence-corrected chi connectivity index (χ3v) is 4.48. The molecule has 0 aliphatic heterocycles. The van der Waals surface area contributed by atoms with Gasteiger partial charge in [0.05, 0.1) is 0 Å². The van der Waals surface area contributed by atoms with Gasteiger partial charge in [-0.1, -0.05) is 58.0 Å². The quantitative estimate of drug-likeness (QED) is 0.336. The average molecular weight is 363 g/mol. The molecule has 15 heavy (non-hydrogen) atoms. The largest absolute Gasteiger partial charge is 0.123 e. The van der Waals surface area contributed by atoms with Crippen molar-refractivity contribution in [2.75, 3.05) is 5.33 Å². The van der Waals surface area contributed by atoms with Crippen LogP contribution in [-0.2, 0) is 0 Å². The lowest BCUT2D eigenvalue weighted by atomic mass is 10.1. The fraction of sp³-hybridized carbons (Fsp3) is 1.00. The number of hydrogen-bond donors (Lipinski definition) is 0. The van der Waals surface area contributed by atoms with Gasteiger partial charge in [-0.05, 0) is 32.1 Å². The predicted octanol–water partition coefficient (Wildman–Crippen LogP) is 5.89. The Morgan fingerprint density at radius 1 is 1.00 bits per heavy atom. The summed E-state index contributed by atoms with van der Waals surface area (Å²) in [4.78, 5) is 0.655. The van der Waals surface area contributed by atoms with Crippen LogP contribution in [0.2, 0.25) is 0 Å². The van der Waals surface area contributed by atoms with Crippen LogP contribution in [0, 0.1) is 0 Å². The van der Waals surface area contributed by atoms with Crippen molar-refractivity contribution in [2.24, 2.45) is 0 Å². The lowest BCUT2D eigenvalue weighted by molar-refractivity contribution is 0.579. The van der Waals surface area contributed by atoms with E-state index in [2.05, 4.69) is 38.8 Å². The average Bonchev–Trinajstić information content (AvgIpc) is 2.24. The molecule has 0 aliphatic rings. The summed E-state index contributed by atoms with van der Waals surface area (Å²) in [6, 6.07) is 0. The normalized spacial score (nSPS) is 15.2. The zero-order valence-electron chi connectivity index (χ0n) is 9.65. The number of halogens is 3. The Hall–Kier alpha value is 1.25. The van der Waals surface area contributed by atoms with Gasteiger partial charge in [0.25, 0.3) is 0 Å². The van der Waals surface area contributed by atoms with Gasteiger partial charge < -0.3 is 0 Å². The van der Waals surface area contributed by atoms with Crippen LogP contribution in [0.25, 0.3) is 0 Å². The second-order valence-electron chi connectivity index (χ2n) is 4.10. The smallest absolute Gasteiger partial charge is 0.0336 e. The minimum atomic E-state index is 0.389. The number of hydrogen-bond acceptors (Lipinski definition) is 0. The fourth-order valence-corrected chi connectivity index (χ4v) is 2.76. The molecule has 2 unspecified atom stereocenters. The first-order valence-electron chi connectivity index (χ1n) is 6.04. The van der Waals surface area contributed by atoms with Crippen molar-refractivity contribution in [3.05, 3.63) is 0 Å². The molecule has 0 radical (unpaired) electrons. The van der Waals surface area contributed by atoms with Crippen LogP contribution in [0.1, 0.15) is 58.3 Å². The van der Waals surface area contributed by atoms with E-state index in [0.717, 1.165) is 11.8 Å². The maximum Gasteiger partial charge on any atom is 0.0336 e. The van der Waals surface area contributed by atoms with Crippen molar-refractivity contribution in [2.45, 2.75) is 68.5 Å². The van der Waals surface area contributed by atoms with Crippen LogP contribution < -0.4 is 0 Å². The zero-order valence-corrected chi connectivity index (χ0v) is 13.6. The van der Waals surface area contributed by atoms with Crippen LogP contribution in [-0.4, -0.2) is 15.5 Å². The molecule has 0 saturated heterocycles. The Kier molecular flexibility index (Phi) is 12.7. The second-order valence-corrected chi connectivity index (χ2v) is 6.80. The first-order valence-corrected chi connectivity index (χ1v) is 8.52. The number of rotatable bonds is 10. The molecule has 0 aromatic carbocycles. The Balaban J connectivity index is 3.31. The Labute approximate surface area is 117 Å². The predicted molar refractivity (Wildman–Crippen MR) is 78.8 cm³/mol. The molecule has 2 atom stereocenters. The lowest BCUT2D eigenvalue weighted by Gasteiger charge is -2.12. The molecule has 0 rings (SSSR count). The van der Waals surface area contributed by atoms with Gasteiger partial charge in [-0.2, -0.15) is 0 Å². The van der Waals surface area contributed by atoms with E-state index < -0.39 is 0 Å². The molecule has 0 spiro atoms. The Morgan fingerprint density at radius 2 is 1.73 bits per heavy atom. The summed E-state index contributed by atoms with van der Waals surface area (Å²) in [7, 11) is 0. The molecule has 0 saturated carbocycles. The van der Waals surface area contributed by atoms with E-state index in [1.54, 1.807) is 0 Å². The van der Waals surface area contributed by atoms with Gasteiger partial charge in [-0.15, -0.1) is 11.6 Å². The van der Waals surface area contributed by atoms with Gasteiger partial charge in [-0.25, -0.2) is 0 Å². The summed E-state index contributed by atoms with van der Waals surface area (Å²) >= 11 is 13.4. The molecule has 0 aromatic heterocycles. The molecule has 0 N–H and O–H groups in total. The molecular weight excluding hydrogens is 339 g/mol. The van der Waals surface area contributed by atoms with Crippen molar-refractivity contribution < 1.29 is 0 Å². The standard InChI is InChI=1S/C12H23Br2Cl/c1-2-3-4-7-12(15)9-8-11(14)6-5-10-13/h11-12H,2-10H2,1H3. The minimum absolute atomic E-state index is 0.389. The molecule has 0 nitrogen and oxygen atoms in total. The van der Waals surface area contributed by atoms with Gasteiger partial charge in [0.15, 0.2) is 0 Å².